The highest BCUT2D eigenvalue weighted by molar-refractivity contribution is 5.80. The lowest BCUT2D eigenvalue weighted by atomic mass is 10.1. The molecule has 1 amide bonds. The summed E-state index contributed by atoms with van der Waals surface area (Å²) in [7, 11) is 0. The van der Waals surface area contributed by atoms with Crippen LogP contribution in [0, 0.1) is 0 Å². The predicted molar refractivity (Wildman–Crippen MR) is 162 cm³/mol. The van der Waals surface area contributed by atoms with E-state index >= 15 is 0 Å². The van der Waals surface area contributed by atoms with Gasteiger partial charge in [0.15, 0.2) is 0 Å². The van der Waals surface area contributed by atoms with E-state index in [9.17, 15) is 20.1 Å². The summed E-state index contributed by atoms with van der Waals surface area (Å²) in [5.74, 6) is -0.532. The third-order valence-corrected chi connectivity index (χ3v) is 6.95. The Hall–Kier alpha value is -1.43. The Bertz CT molecular complexity index is 602. The summed E-state index contributed by atoms with van der Waals surface area (Å²) < 4.78 is 0. The minimum atomic E-state index is -1.11. The van der Waals surface area contributed by atoms with Gasteiger partial charge in [0.25, 0.3) is 0 Å². The Morgan fingerprint density at radius 1 is 0.632 bits per heavy atom. The number of carbonyl (C=O) groups is 1. The summed E-state index contributed by atoms with van der Waals surface area (Å²) in [6.45, 7) is 4.06. The van der Waals surface area contributed by atoms with E-state index in [-0.39, 0.29) is 6.61 Å². The maximum absolute atomic E-state index is 12.3. The van der Waals surface area contributed by atoms with E-state index in [1.54, 1.807) is 6.08 Å². The predicted octanol–water partition coefficient (Wildman–Crippen LogP) is 7.70. The number of carbonyl (C=O) groups excluding carboxylic acids is 1. The Kier molecular flexibility index (Phi) is 27.5. The van der Waals surface area contributed by atoms with Gasteiger partial charge in [-0.1, -0.05) is 127 Å². The van der Waals surface area contributed by atoms with Crippen LogP contribution in [0.15, 0.2) is 36.5 Å². The van der Waals surface area contributed by atoms with E-state index in [1.165, 1.54) is 70.6 Å². The zero-order chi connectivity index (χ0) is 28.1. The molecule has 0 aromatic rings. The normalized spacial score (nSPS) is 14.6. The highest BCUT2D eigenvalue weighted by Gasteiger charge is 2.22. The van der Waals surface area contributed by atoms with Gasteiger partial charge in [0.1, 0.15) is 6.10 Å². The largest absolute Gasteiger partial charge is 0.394 e. The maximum Gasteiger partial charge on any atom is 0.249 e. The van der Waals surface area contributed by atoms with Crippen molar-refractivity contribution in [3.8, 4) is 0 Å². The van der Waals surface area contributed by atoms with Crippen LogP contribution in [0.4, 0.5) is 0 Å². The van der Waals surface area contributed by atoms with Crippen LogP contribution in [-0.4, -0.2) is 46.1 Å². The molecule has 3 atom stereocenters. The van der Waals surface area contributed by atoms with Crippen LogP contribution in [0.5, 0.6) is 0 Å². The molecule has 0 saturated heterocycles. The van der Waals surface area contributed by atoms with E-state index in [2.05, 4.69) is 43.5 Å². The second-order valence-electron chi connectivity index (χ2n) is 10.6. The molecule has 0 fully saturated rings. The Morgan fingerprint density at radius 3 is 1.68 bits per heavy atom. The molecular formula is C33H61NO4. The summed E-state index contributed by atoms with van der Waals surface area (Å²) >= 11 is 0. The molecule has 38 heavy (non-hydrogen) atoms. The van der Waals surface area contributed by atoms with Gasteiger partial charge in [0.05, 0.1) is 18.8 Å². The van der Waals surface area contributed by atoms with Gasteiger partial charge in [-0.05, 0) is 51.4 Å². The first-order chi connectivity index (χ1) is 18.6. The first-order valence-corrected chi connectivity index (χ1v) is 15.8. The fraction of sp³-hybridized carbons (Fsp3) is 0.788. The number of allylic oxidation sites excluding steroid dienone is 5. The SMILES string of the molecule is CCCC/C=C\CCCCCC(O)C(=O)NC(CO)C(O)/C=C/CC/C=C/CCCCCCCCCCC. The molecule has 0 rings (SSSR count). The molecule has 0 aromatic heterocycles. The average molecular weight is 536 g/mol. The number of nitrogens with one attached hydrogen (secondary N) is 1. The van der Waals surface area contributed by atoms with E-state index in [0.717, 1.165) is 51.4 Å². The van der Waals surface area contributed by atoms with E-state index in [0.29, 0.717) is 6.42 Å². The van der Waals surface area contributed by atoms with Crippen molar-refractivity contribution < 1.29 is 20.1 Å². The van der Waals surface area contributed by atoms with Crippen molar-refractivity contribution in [1.82, 2.24) is 5.32 Å². The van der Waals surface area contributed by atoms with Gasteiger partial charge in [-0.15, -0.1) is 0 Å². The van der Waals surface area contributed by atoms with Crippen molar-refractivity contribution in [2.24, 2.45) is 0 Å². The van der Waals surface area contributed by atoms with Crippen molar-refractivity contribution in [2.75, 3.05) is 6.61 Å². The molecule has 0 aliphatic carbocycles. The van der Waals surface area contributed by atoms with Crippen molar-refractivity contribution >= 4 is 5.91 Å². The van der Waals surface area contributed by atoms with Crippen LogP contribution < -0.4 is 5.32 Å². The minimum Gasteiger partial charge on any atom is -0.394 e. The minimum absolute atomic E-state index is 0.382. The van der Waals surface area contributed by atoms with Crippen LogP contribution in [0.3, 0.4) is 0 Å². The molecule has 0 aromatic carbocycles. The number of amides is 1. The average Bonchev–Trinajstić information content (AvgIpc) is 2.92. The van der Waals surface area contributed by atoms with Crippen molar-refractivity contribution in [2.45, 2.75) is 161 Å². The Labute approximate surface area is 234 Å². The quantitative estimate of drug-likeness (QED) is 0.0641. The monoisotopic (exact) mass is 535 g/mol. The molecule has 222 valence electrons. The lowest BCUT2D eigenvalue weighted by Crippen LogP contribution is -2.48. The summed E-state index contributed by atoms with van der Waals surface area (Å²) in [4.78, 5) is 12.3. The molecule has 0 aliphatic rings. The van der Waals surface area contributed by atoms with Gasteiger partial charge < -0.3 is 20.6 Å². The molecule has 0 bridgehead atoms. The van der Waals surface area contributed by atoms with E-state index in [4.69, 9.17) is 0 Å². The third kappa shape index (κ3) is 23.7. The Morgan fingerprint density at radius 2 is 1.11 bits per heavy atom. The number of unbranched alkanes of at least 4 members (excludes halogenated alkanes) is 15. The molecule has 3 unspecified atom stereocenters. The molecule has 5 nitrogen and oxygen atoms in total. The van der Waals surface area contributed by atoms with Gasteiger partial charge in [-0.25, -0.2) is 0 Å². The number of aliphatic hydroxyl groups is 3. The maximum atomic E-state index is 12.3. The number of hydrogen-bond donors (Lipinski definition) is 4. The topological polar surface area (TPSA) is 89.8 Å². The first kappa shape index (κ1) is 36.6. The number of hydrogen-bond acceptors (Lipinski definition) is 4. The van der Waals surface area contributed by atoms with Crippen molar-refractivity contribution in [3.63, 3.8) is 0 Å². The second-order valence-corrected chi connectivity index (χ2v) is 10.6. The third-order valence-electron chi connectivity index (χ3n) is 6.95. The zero-order valence-corrected chi connectivity index (χ0v) is 24.8. The number of rotatable bonds is 27. The number of aliphatic hydroxyl groups excluding tert-OH is 3. The van der Waals surface area contributed by atoms with Crippen LogP contribution in [0.2, 0.25) is 0 Å². The highest BCUT2D eigenvalue weighted by atomic mass is 16.3. The summed E-state index contributed by atoms with van der Waals surface area (Å²) in [5.41, 5.74) is 0. The summed E-state index contributed by atoms with van der Waals surface area (Å²) in [6, 6.07) is -0.816. The second kappa shape index (κ2) is 28.6. The van der Waals surface area contributed by atoms with Gasteiger partial charge >= 0.3 is 0 Å². The zero-order valence-electron chi connectivity index (χ0n) is 24.8. The lowest BCUT2D eigenvalue weighted by Gasteiger charge is -2.21. The molecule has 4 N–H and O–H groups in total. The van der Waals surface area contributed by atoms with E-state index in [1.807, 2.05) is 6.08 Å². The van der Waals surface area contributed by atoms with Gasteiger partial charge in [0, 0.05) is 0 Å². The molecule has 0 radical (unpaired) electrons. The standard InChI is InChI=1S/C33H61NO4/c1-3-5-7-9-11-13-14-15-16-17-18-20-21-23-25-27-31(36)30(29-35)34-33(38)32(37)28-26-24-22-19-12-10-8-6-4-2/h10,12,18,20,25,27,30-32,35-37H,3-9,11,13-17,19,21-24,26,28-29H2,1-2H3,(H,34,38)/b12-10-,20-18+,27-25+. The molecule has 0 spiro atoms. The van der Waals surface area contributed by atoms with Gasteiger partial charge in [-0.2, -0.15) is 0 Å². The van der Waals surface area contributed by atoms with Crippen LogP contribution in [0.1, 0.15) is 142 Å². The van der Waals surface area contributed by atoms with Crippen LogP contribution in [-0.2, 0) is 4.79 Å². The van der Waals surface area contributed by atoms with Crippen LogP contribution in [0.25, 0.3) is 0 Å². The lowest BCUT2D eigenvalue weighted by molar-refractivity contribution is -0.131. The van der Waals surface area contributed by atoms with Crippen molar-refractivity contribution in [3.05, 3.63) is 36.5 Å². The van der Waals surface area contributed by atoms with Crippen LogP contribution >= 0.6 is 0 Å². The first-order valence-electron chi connectivity index (χ1n) is 15.8. The molecule has 0 heterocycles. The highest BCUT2D eigenvalue weighted by Crippen LogP contribution is 2.11. The van der Waals surface area contributed by atoms with Gasteiger partial charge in [-0.3, -0.25) is 4.79 Å². The summed E-state index contributed by atoms with van der Waals surface area (Å²) in [5, 5.41) is 32.7. The molecule has 5 heteroatoms. The molecule has 0 aliphatic heterocycles. The summed E-state index contributed by atoms with van der Waals surface area (Å²) in [6.07, 6.45) is 33.0. The smallest absolute Gasteiger partial charge is 0.249 e. The van der Waals surface area contributed by atoms with Crippen molar-refractivity contribution in [1.29, 1.82) is 0 Å². The molecule has 0 saturated carbocycles. The van der Waals surface area contributed by atoms with Gasteiger partial charge in [0.2, 0.25) is 5.91 Å². The van der Waals surface area contributed by atoms with E-state index < -0.39 is 24.2 Å². The fourth-order valence-electron chi connectivity index (χ4n) is 4.35. The Balaban J connectivity index is 3.89. The molecular weight excluding hydrogens is 474 g/mol. The fourth-order valence-corrected chi connectivity index (χ4v) is 4.35.